The molecule has 2 atom stereocenters. The summed E-state index contributed by atoms with van der Waals surface area (Å²) in [6.45, 7) is 7.20. The molecule has 1 saturated heterocycles. The molecular formula is C42H40O18. The average molecular weight is 833 g/mol. The van der Waals surface area contributed by atoms with Gasteiger partial charge in [-0.2, -0.15) is 0 Å². The second-order valence-corrected chi connectivity index (χ2v) is 12.4. The SMILES string of the molecule is COc1cc(C)ccc1OC(=O)OC=C1OC(OC(=O)Oc2ccc(C)cc2OC)C(=COC(=O)Oc2ccc(C)cc2OC)OC1OC(=O)Oc1ccc(C)cc1OC. The molecular weight excluding hydrogens is 792 g/mol. The minimum Gasteiger partial charge on any atom is -0.493 e. The van der Waals surface area contributed by atoms with Gasteiger partial charge in [-0.15, -0.1) is 0 Å². The normalized spacial score (nSPS) is 15.6. The number of carbonyl (C=O) groups is 4. The van der Waals surface area contributed by atoms with Gasteiger partial charge in [0.1, 0.15) is 12.5 Å². The second-order valence-electron chi connectivity index (χ2n) is 12.4. The minimum absolute atomic E-state index is 0.00346. The number of hydrogen-bond acceptors (Lipinski definition) is 18. The predicted octanol–water partition coefficient (Wildman–Crippen LogP) is 8.50. The van der Waals surface area contributed by atoms with Crippen molar-refractivity contribution in [1.82, 2.24) is 0 Å². The lowest BCUT2D eigenvalue weighted by Crippen LogP contribution is -2.39. The zero-order valence-electron chi connectivity index (χ0n) is 33.6. The highest BCUT2D eigenvalue weighted by Gasteiger charge is 2.40. The van der Waals surface area contributed by atoms with Gasteiger partial charge in [-0.3, -0.25) is 0 Å². The predicted molar refractivity (Wildman–Crippen MR) is 205 cm³/mol. The highest BCUT2D eigenvalue weighted by molar-refractivity contribution is 5.68. The number of benzene rings is 4. The van der Waals surface area contributed by atoms with Gasteiger partial charge in [-0.1, -0.05) is 24.3 Å². The Bertz CT molecular complexity index is 2120. The first-order valence-electron chi connectivity index (χ1n) is 17.6. The van der Waals surface area contributed by atoms with E-state index in [2.05, 4.69) is 0 Å². The third-order valence-corrected chi connectivity index (χ3v) is 7.95. The molecule has 18 heteroatoms. The van der Waals surface area contributed by atoms with Crippen LogP contribution in [0, 0.1) is 27.7 Å². The molecule has 1 aliphatic rings. The van der Waals surface area contributed by atoms with Crippen LogP contribution >= 0.6 is 0 Å². The molecule has 1 fully saturated rings. The molecule has 0 aliphatic carbocycles. The minimum atomic E-state index is -1.98. The van der Waals surface area contributed by atoms with Crippen molar-refractivity contribution in [1.29, 1.82) is 0 Å². The third kappa shape index (κ3) is 11.7. The number of carbonyl (C=O) groups excluding carboxylic acids is 4. The van der Waals surface area contributed by atoms with E-state index in [1.807, 2.05) is 0 Å². The number of ether oxygens (including phenoxy) is 14. The topological polar surface area (TPSA) is 197 Å². The van der Waals surface area contributed by atoms with Crippen molar-refractivity contribution in [2.75, 3.05) is 28.4 Å². The van der Waals surface area contributed by atoms with E-state index in [-0.39, 0.29) is 46.0 Å². The molecule has 2 unspecified atom stereocenters. The van der Waals surface area contributed by atoms with Crippen LogP contribution in [0.4, 0.5) is 19.2 Å². The lowest BCUT2D eigenvalue weighted by molar-refractivity contribution is -0.199. The first-order valence-corrected chi connectivity index (χ1v) is 17.6. The van der Waals surface area contributed by atoms with Crippen molar-refractivity contribution in [2.24, 2.45) is 0 Å². The van der Waals surface area contributed by atoms with E-state index >= 15 is 0 Å². The Morgan fingerprint density at radius 3 is 0.950 bits per heavy atom. The Balaban J connectivity index is 1.45. The van der Waals surface area contributed by atoms with Gasteiger partial charge in [0.25, 0.3) is 0 Å². The smallest absolute Gasteiger partial charge is 0.493 e. The van der Waals surface area contributed by atoms with Gasteiger partial charge in [-0.25, -0.2) is 19.2 Å². The van der Waals surface area contributed by atoms with Crippen molar-refractivity contribution in [2.45, 2.75) is 40.3 Å². The molecule has 1 aliphatic heterocycles. The third-order valence-electron chi connectivity index (χ3n) is 7.95. The number of hydrogen-bond donors (Lipinski definition) is 0. The van der Waals surface area contributed by atoms with Gasteiger partial charge in [0, 0.05) is 0 Å². The second kappa shape index (κ2) is 20.1. The zero-order valence-corrected chi connectivity index (χ0v) is 33.6. The zero-order chi connectivity index (χ0) is 43.3. The summed E-state index contributed by atoms with van der Waals surface area (Å²) in [5.74, 6) is -0.454. The molecule has 0 N–H and O–H groups in total. The van der Waals surface area contributed by atoms with Gasteiger partial charge < -0.3 is 66.3 Å². The fraction of sp³-hybridized carbons (Fsp3) is 0.238. The molecule has 18 nitrogen and oxygen atoms in total. The summed E-state index contributed by atoms with van der Waals surface area (Å²) in [4.78, 5) is 52.2. The number of methoxy groups -OCH3 is 4. The Morgan fingerprint density at radius 2 is 0.683 bits per heavy atom. The van der Waals surface area contributed by atoms with Crippen molar-refractivity contribution >= 4 is 24.6 Å². The molecule has 4 aromatic rings. The van der Waals surface area contributed by atoms with Crippen molar-refractivity contribution in [3.05, 3.63) is 119 Å². The van der Waals surface area contributed by atoms with E-state index in [1.54, 1.807) is 76.2 Å². The lowest BCUT2D eigenvalue weighted by Gasteiger charge is -2.32. The van der Waals surface area contributed by atoms with Crippen LogP contribution in [0.15, 0.2) is 96.8 Å². The molecule has 60 heavy (non-hydrogen) atoms. The largest absolute Gasteiger partial charge is 0.519 e. The van der Waals surface area contributed by atoms with Crippen LogP contribution in [-0.2, 0) is 28.4 Å². The molecule has 1 heterocycles. The standard InChI is InChI=1S/C42H40O18/c1-23-9-13-27(31(17-23)47-5)55-39(43)51-21-35-37(59-41(45)57-29-15-11-25(3)19-33(29)49-7)54-36(22-52-40(44)56-28-14-10-24(2)18-32(28)48-6)38(53-35)60-42(46)58-30-16-12-26(4)20-34(30)50-8/h9-22,37-38H,1-8H3. The van der Waals surface area contributed by atoms with E-state index in [0.29, 0.717) is 12.5 Å². The van der Waals surface area contributed by atoms with Gasteiger partial charge in [0.05, 0.1) is 28.4 Å². The molecule has 5 rings (SSSR count). The Kier molecular flexibility index (Phi) is 14.5. The molecule has 316 valence electrons. The first-order chi connectivity index (χ1) is 28.8. The van der Waals surface area contributed by atoms with Crippen molar-refractivity contribution in [3.63, 3.8) is 0 Å². The quantitative estimate of drug-likeness (QED) is 0.0569. The average Bonchev–Trinajstić information content (AvgIpc) is 3.22. The molecule has 4 aromatic carbocycles. The summed E-state index contributed by atoms with van der Waals surface area (Å²) >= 11 is 0. The van der Waals surface area contributed by atoms with Crippen LogP contribution in [0.25, 0.3) is 0 Å². The van der Waals surface area contributed by atoms with Gasteiger partial charge >= 0.3 is 37.2 Å². The highest BCUT2D eigenvalue weighted by Crippen LogP contribution is 2.34. The van der Waals surface area contributed by atoms with E-state index < -0.39 is 48.7 Å². The Hall–Kier alpha value is -7.76. The van der Waals surface area contributed by atoms with Crippen molar-refractivity contribution < 1.29 is 85.5 Å². The Labute approximate surface area is 343 Å². The highest BCUT2D eigenvalue weighted by atomic mass is 16.9. The summed E-state index contributed by atoms with van der Waals surface area (Å²) in [5.41, 5.74) is 3.24. The maximum absolute atomic E-state index is 13.2. The van der Waals surface area contributed by atoms with Gasteiger partial charge in [0.2, 0.25) is 11.5 Å². The summed E-state index contributed by atoms with van der Waals surface area (Å²) in [7, 11) is 5.49. The number of aryl methyl sites for hydroxylation is 4. The fourth-order valence-electron chi connectivity index (χ4n) is 5.08. The summed E-state index contributed by atoms with van der Waals surface area (Å²) in [6, 6.07) is 18.9. The van der Waals surface area contributed by atoms with Gasteiger partial charge in [0.15, 0.2) is 46.0 Å². The maximum atomic E-state index is 13.2. The van der Waals surface area contributed by atoms with Crippen LogP contribution in [-0.4, -0.2) is 65.6 Å². The summed E-state index contributed by atoms with van der Waals surface area (Å²) in [6.07, 6.45) is -8.03. The van der Waals surface area contributed by atoms with E-state index in [9.17, 15) is 19.2 Å². The number of rotatable bonds is 12. The molecule has 0 bridgehead atoms. The van der Waals surface area contributed by atoms with Crippen LogP contribution in [0.2, 0.25) is 0 Å². The Morgan fingerprint density at radius 1 is 0.417 bits per heavy atom. The lowest BCUT2D eigenvalue weighted by atomic mass is 10.2. The van der Waals surface area contributed by atoms with Crippen molar-refractivity contribution in [3.8, 4) is 46.0 Å². The molecule has 0 amide bonds. The van der Waals surface area contributed by atoms with E-state index in [1.165, 1.54) is 52.7 Å². The first kappa shape index (κ1) is 43.4. The van der Waals surface area contributed by atoms with Gasteiger partial charge in [-0.05, 0) is 98.5 Å². The van der Waals surface area contributed by atoms with Crippen LogP contribution < -0.4 is 37.9 Å². The monoisotopic (exact) mass is 832 g/mol. The van der Waals surface area contributed by atoms with E-state index in [0.717, 1.165) is 22.3 Å². The molecule has 0 saturated carbocycles. The molecule has 0 spiro atoms. The summed E-state index contributed by atoms with van der Waals surface area (Å²) in [5, 5.41) is 0. The van der Waals surface area contributed by atoms with E-state index in [4.69, 9.17) is 66.3 Å². The summed E-state index contributed by atoms with van der Waals surface area (Å²) < 4.78 is 75.1. The van der Waals surface area contributed by atoms with Crippen LogP contribution in [0.1, 0.15) is 22.3 Å². The molecule has 0 radical (unpaired) electrons. The molecule has 0 aromatic heterocycles. The van der Waals surface area contributed by atoms with Crippen LogP contribution in [0.5, 0.6) is 46.0 Å². The maximum Gasteiger partial charge on any atom is 0.519 e. The fourth-order valence-corrected chi connectivity index (χ4v) is 5.08. The van der Waals surface area contributed by atoms with Crippen LogP contribution in [0.3, 0.4) is 0 Å².